The highest BCUT2D eigenvalue weighted by atomic mass is 35.5. The van der Waals surface area contributed by atoms with E-state index in [1.54, 1.807) is 18.2 Å². The van der Waals surface area contributed by atoms with Gasteiger partial charge < -0.3 is 16.0 Å². The Labute approximate surface area is 152 Å². The summed E-state index contributed by atoms with van der Waals surface area (Å²) in [5.74, 6) is 0.580. The summed E-state index contributed by atoms with van der Waals surface area (Å²) in [5, 5.41) is 10.2. The second kappa shape index (κ2) is 9.55. The lowest BCUT2D eigenvalue weighted by molar-refractivity contribution is 0.0955. The number of nitrogens with one attached hydrogen (secondary N) is 3. The van der Waals surface area contributed by atoms with Crippen molar-refractivity contribution in [1.29, 1.82) is 0 Å². The molecule has 0 unspecified atom stereocenters. The number of carbonyl (C=O) groups excluding carboxylic acids is 1. The van der Waals surface area contributed by atoms with Gasteiger partial charge in [-0.15, -0.1) is 0 Å². The van der Waals surface area contributed by atoms with Gasteiger partial charge in [-0.1, -0.05) is 35.4 Å². The second-order valence-electron chi connectivity index (χ2n) is 5.43. The molecule has 1 amide bonds. The predicted molar refractivity (Wildman–Crippen MR) is 100 cm³/mol. The Morgan fingerprint density at radius 2 is 1.96 bits per heavy atom. The molecule has 0 aromatic heterocycles. The highest BCUT2D eigenvalue weighted by Gasteiger charge is 2.11. The summed E-state index contributed by atoms with van der Waals surface area (Å²) in [5.41, 5.74) is 0.482. The number of halogens is 2. The third-order valence-electron chi connectivity index (χ3n) is 3.54. The minimum Gasteiger partial charge on any atom is -0.357 e. The number of guanidine groups is 1. The molecule has 3 N–H and O–H groups in total. The van der Waals surface area contributed by atoms with E-state index in [9.17, 15) is 4.79 Å². The maximum absolute atomic E-state index is 12.1. The molecule has 7 heteroatoms. The van der Waals surface area contributed by atoms with Crippen LogP contribution in [-0.4, -0.2) is 37.5 Å². The molecule has 2 rings (SSSR count). The van der Waals surface area contributed by atoms with E-state index in [1.807, 2.05) is 6.92 Å². The van der Waals surface area contributed by atoms with Crippen LogP contribution in [-0.2, 0) is 0 Å². The van der Waals surface area contributed by atoms with Gasteiger partial charge in [0, 0.05) is 24.7 Å². The molecule has 0 bridgehead atoms. The lowest BCUT2D eigenvalue weighted by Gasteiger charge is -2.16. The summed E-state index contributed by atoms with van der Waals surface area (Å²) >= 11 is 11.8. The topological polar surface area (TPSA) is 65.5 Å². The fourth-order valence-corrected chi connectivity index (χ4v) is 2.62. The summed E-state index contributed by atoms with van der Waals surface area (Å²) < 4.78 is 0. The van der Waals surface area contributed by atoms with Crippen molar-refractivity contribution in [2.45, 2.75) is 25.8 Å². The first-order valence-corrected chi connectivity index (χ1v) is 8.79. The first-order valence-electron chi connectivity index (χ1n) is 8.03. The minimum atomic E-state index is -0.193. The Balaban J connectivity index is 1.80. The predicted octanol–water partition coefficient (Wildman–Crippen LogP) is 3.00. The molecule has 0 fully saturated rings. The van der Waals surface area contributed by atoms with Crippen molar-refractivity contribution in [2.75, 3.05) is 19.6 Å². The molecule has 0 radical (unpaired) electrons. The van der Waals surface area contributed by atoms with Crippen LogP contribution in [0.2, 0.25) is 10.0 Å². The molecule has 0 saturated heterocycles. The number of rotatable bonds is 6. The van der Waals surface area contributed by atoms with E-state index in [2.05, 4.69) is 33.1 Å². The van der Waals surface area contributed by atoms with Gasteiger partial charge in [0.15, 0.2) is 5.96 Å². The van der Waals surface area contributed by atoms with Crippen LogP contribution >= 0.6 is 23.2 Å². The van der Waals surface area contributed by atoms with Crippen LogP contribution in [0.1, 0.15) is 30.1 Å². The smallest absolute Gasteiger partial charge is 0.251 e. The van der Waals surface area contributed by atoms with E-state index in [-0.39, 0.29) is 5.91 Å². The fraction of sp³-hybridized carbons (Fsp3) is 0.412. The summed E-state index contributed by atoms with van der Waals surface area (Å²) in [6.45, 7) is 3.75. The van der Waals surface area contributed by atoms with E-state index in [0.29, 0.717) is 34.7 Å². The van der Waals surface area contributed by atoms with Crippen LogP contribution in [0.5, 0.6) is 0 Å². The Bertz CT molecular complexity index is 623. The van der Waals surface area contributed by atoms with Gasteiger partial charge in [-0.25, -0.2) is 0 Å². The van der Waals surface area contributed by atoms with Crippen LogP contribution in [0.3, 0.4) is 0 Å². The zero-order chi connectivity index (χ0) is 17.4. The Morgan fingerprint density at radius 1 is 1.21 bits per heavy atom. The second-order valence-corrected chi connectivity index (χ2v) is 6.24. The summed E-state index contributed by atoms with van der Waals surface area (Å²) in [6.07, 6.45) is 6.36. The van der Waals surface area contributed by atoms with Crippen molar-refractivity contribution >= 4 is 35.1 Å². The normalized spacial score (nSPS) is 14.7. The molecule has 1 aliphatic rings. The number of hydrogen-bond donors (Lipinski definition) is 3. The number of amides is 1. The summed E-state index contributed by atoms with van der Waals surface area (Å²) in [4.78, 5) is 16.5. The highest BCUT2D eigenvalue weighted by molar-refractivity contribution is 6.42. The van der Waals surface area contributed by atoms with E-state index >= 15 is 0 Å². The molecule has 1 aliphatic carbocycles. The number of carbonyl (C=O) groups is 1. The molecule has 0 heterocycles. The average Bonchev–Trinajstić information content (AvgIpc) is 3.07. The molecule has 5 nitrogen and oxygen atoms in total. The van der Waals surface area contributed by atoms with E-state index in [0.717, 1.165) is 25.3 Å². The van der Waals surface area contributed by atoms with Gasteiger partial charge in [-0.3, -0.25) is 9.79 Å². The van der Waals surface area contributed by atoms with Crippen LogP contribution in [0.25, 0.3) is 0 Å². The molecule has 24 heavy (non-hydrogen) atoms. The number of aliphatic imine (C=N–C) groups is 1. The largest absolute Gasteiger partial charge is 0.357 e. The highest BCUT2D eigenvalue weighted by Crippen LogP contribution is 2.22. The van der Waals surface area contributed by atoms with Gasteiger partial charge in [0.25, 0.3) is 5.91 Å². The maximum Gasteiger partial charge on any atom is 0.251 e. The van der Waals surface area contributed by atoms with Crippen molar-refractivity contribution < 1.29 is 4.79 Å². The molecule has 1 aromatic rings. The molecule has 130 valence electrons. The zero-order valence-electron chi connectivity index (χ0n) is 13.6. The van der Waals surface area contributed by atoms with Crippen molar-refractivity contribution in [3.8, 4) is 0 Å². The van der Waals surface area contributed by atoms with Gasteiger partial charge in [0.1, 0.15) is 0 Å². The quantitative estimate of drug-likeness (QED) is 0.313. The summed E-state index contributed by atoms with van der Waals surface area (Å²) in [7, 11) is 0. The van der Waals surface area contributed by atoms with Crippen LogP contribution < -0.4 is 16.0 Å². The number of benzene rings is 1. The molecular weight excluding hydrogens is 347 g/mol. The third kappa shape index (κ3) is 5.73. The van der Waals surface area contributed by atoms with Crippen LogP contribution in [0.15, 0.2) is 35.3 Å². The first-order chi connectivity index (χ1) is 11.6. The molecule has 0 spiro atoms. The van der Waals surface area contributed by atoms with E-state index in [1.165, 1.54) is 0 Å². The van der Waals surface area contributed by atoms with Crippen molar-refractivity contribution in [1.82, 2.24) is 16.0 Å². The maximum atomic E-state index is 12.1. The average molecular weight is 369 g/mol. The van der Waals surface area contributed by atoms with E-state index in [4.69, 9.17) is 23.2 Å². The van der Waals surface area contributed by atoms with Gasteiger partial charge in [0.05, 0.1) is 16.6 Å². The summed E-state index contributed by atoms with van der Waals surface area (Å²) in [6, 6.07) is 5.21. The fourth-order valence-electron chi connectivity index (χ4n) is 2.32. The standard InChI is InChI=1S/C17H22Cl2N4O/c1-2-20-17(23-13-5-3-4-6-13)22-10-9-21-16(24)12-7-8-14(18)15(19)11-12/h3-4,7-8,11,13H,2,5-6,9-10H2,1H3,(H,21,24)(H2,20,22,23). The van der Waals surface area contributed by atoms with Crippen molar-refractivity contribution in [2.24, 2.45) is 4.99 Å². The first kappa shape index (κ1) is 18.6. The Kier molecular flexibility index (Phi) is 7.40. The lowest BCUT2D eigenvalue weighted by Crippen LogP contribution is -2.43. The van der Waals surface area contributed by atoms with Crippen LogP contribution in [0, 0.1) is 0 Å². The third-order valence-corrected chi connectivity index (χ3v) is 4.28. The van der Waals surface area contributed by atoms with Crippen LogP contribution in [0.4, 0.5) is 0 Å². The van der Waals surface area contributed by atoms with Gasteiger partial charge in [-0.05, 0) is 38.0 Å². The monoisotopic (exact) mass is 368 g/mol. The lowest BCUT2D eigenvalue weighted by atomic mass is 10.2. The molecule has 0 atom stereocenters. The van der Waals surface area contributed by atoms with Crippen molar-refractivity contribution in [3.63, 3.8) is 0 Å². The van der Waals surface area contributed by atoms with Crippen molar-refractivity contribution in [3.05, 3.63) is 46.0 Å². The molecule has 0 aliphatic heterocycles. The van der Waals surface area contributed by atoms with Gasteiger partial charge in [0.2, 0.25) is 0 Å². The Morgan fingerprint density at radius 3 is 2.62 bits per heavy atom. The molecule has 1 aromatic carbocycles. The minimum absolute atomic E-state index is 0.193. The Hall–Kier alpha value is -1.72. The SMILES string of the molecule is CCNC(=NCCNC(=O)c1ccc(Cl)c(Cl)c1)NC1CC=CC1. The number of hydrogen-bond acceptors (Lipinski definition) is 2. The van der Waals surface area contributed by atoms with Gasteiger partial charge in [-0.2, -0.15) is 0 Å². The van der Waals surface area contributed by atoms with E-state index < -0.39 is 0 Å². The zero-order valence-corrected chi connectivity index (χ0v) is 15.1. The number of nitrogens with zero attached hydrogens (tertiary/aromatic N) is 1. The molecular formula is C17H22Cl2N4O. The van der Waals surface area contributed by atoms with Gasteiger partial charge >= 0.3 is 0 Å². The molecule has 0 saturated carbocycles.